The summed E-state index contributed by atoms with van der Waals surface area (Å²) in [5.41, 5.74) is 0.623. The zero-order chi connectivity index (χ0) is 14.0. The lowest BCUT2D eigenvalue weighted by atomic mass is 10.1. The third-order valence-corrected chi connectivity index (χ3v) is 6.92. The Kier molecular flexibility index (Phi) is 5.03. The van der Waals surface area contributed by atoms with E-state index in [9.17, 15) is 9.50 Å². The van der Waals surface area contributed by atoms with E-state index in [2.05, 4.69) is 13.8 Å². The summed E-state index contributed by atoms with van der Waals surface area (Å²) < 4.78 is 18.6. The van der Waals surface area contributed by atoms with Crippen LogP contribution >= 0.6 is 23.5 Å². The van der Waals surface area contributed by atoms with Gasteiger partial charge >= 0.3 is 0 Å². The van der Waals surface area contributed by atoms with Gasteiger partial charge in [-0.3, -0.25) is 0 Å². The molecule has 0 aliphatic carbocycles. The highest BCUT2D eigenvalue weighted by Gasteiger charge is 2.31. The molecule has 1 aromatic carbocycles. The van der Waals surface area contributed by atoms with E-state index in [-0.39, 0.29) is 11.0 Å². The molecule has 4 atom stereocenters. The van der Waals surface area contributed by atoms with Crippen molar-refractivity contribution in [2.75, 3.05) is 12.9 Å². The van der Waals surface area contributed by atoms with Crippen molar-refractivity contribution in [2.24, 2.45) is 0 Å². The second kappa shape index (κ2) is 6.37. The van der Waals surface area contributed by atoms with Crippen LogP contribution in [0.4, 0.5) is 4.39 Å². The molecule has 0 bridgehead atoms. The highest BCUT2D eigenvalue weighted by molar-refractivity contribution is 8.07. The molecule has 0 amide bonds. The van der Waals surface area contributed by atoms with Gasteiger partial charge in [0.1, 0.15) is 0 Å². The molecule has 1 aliphatic rings. The molecule has 1 heterocycles. The molecule has 1 fully saturated rings. The lowest BCUT2D eigenvalue weighted by Gasteiger charge is -2.34. The van der Waals surface area contributed by atoms with E-state index in [0.717, 1.165) is 5.75 Å². The molecule has 4 unspecified atom stereocenters. The number of aliphatic hydroxyl groups is 1. The summed E-state index contributed by atoms with van der Waals surface area (Å²) in [5, 5.41) is 11.6. The highest BCUT2D eigenvalue weighted by Crippen LogP contribution is 2.41. The molecule has 1 saturated heterocycles. The molecular weight excluding hydrogens is 283 g/mol. The number of hydrogen-bond acceptors (Lipinski definition) is 4. The van der Waals surface area contributed by atoms with Crippen LogP contribution < -0.4 is 4.74 Å². The molecule has 0 spiro atoms. The predicted molar refractivity (Wildman–Crippen MR) is 80.7 cm³/mol. The summed E-state index contributed by atoms with van der Waals surface area (Å²) in [6.45, 7) is 4.38. The van der Waals surface area contributed by atoms with Crippen LogP contribution in [-0.4, -0.2) is 33.7 Å². The fourth-order valence-corrected chi connectivity index (χ4v) is 5.06. The number of halogens is 1. The standard InChI is InChI=1S/C14H19FO2S2/c1-8-9(2)19-13(7-18-8)14(16)10-4-5-12(17-3)11(15)6-10/h4-6,8-9,13-14,16H,7H2,1-3H3. The Balaban J connectivity index is 2.11. The molecule has 0 radical (unpaired) electrons. The van der Waals surface area contributed by atoms with Crippen molar-refractivity contribution in [2.45, 2.75) is 35.7 Å². The Hall–Kier alpha value is -0.390. The number of benzene rings is 1. The number of aliphatic hydroxyl groups excluding tert-OH is 1. The van der Waals surface area contributed by atoms with Gasteiger partial charge in [-0.05, 0) is 17.7 Å². The average molecular weight is 302 g/mol. The van der Waals surface area contributed by atoms with E-state index in [1.807, 2.05) is 11.8 Å². The van der Waals surface area contributed by atoms with Crippen LogP contribution in [0.15, 0.2) is 18.2 Å². The molecule has 0 aromatic heterocycles. The normalized spacial score (nSPS) is 29.0. The maximum absolute atomic E-state index is 13.7. The fraction of sp³-hybridized carbons (Fsp3) is 0.571. The number of thioether (sulfide) groups is 2. The number of hydrogen-bond donors (Lipinski definition) is 1. The van der Waals surface area contributed by atoms with E-state index < -0.39 is 11.9 Å². The summed E-state index contributed by atoms with van der Waals surface area (Å²) in [6, 6.07) is 4.68. The molecule has 19 heavy (non-hydrogen) atoms. The van der Waals surface area contributed by atoms with Gasteiger partial charge in [0.15, 0.2) is 11.6 Å². The van der Waals surface area contributed by atoms with E-state index in [4.69, 9.17) is 4.74 Å². The fourth-order valence-electron chi connectivity index (χ4n) is 2.05. The molecule has 1 aliphatic heterocycles. The van der Waals surface area contributed by atoms with Gasteiger partial charge in [0.05, 0.1) is 13.2 Å². The lowest BCUT2D eigenvalue weighted by molar-refractivity contribution is 0.179. The molecule has 5 heteroatoms. The minimum absolute atomic E-state index is 0.115. The van der Waals surface area contributed by atoms with Crippen LogP contribution in [-0.2, 0) is 0 Å². The van der Waals surface area contributed by atoms with E-state index in [1.54, 1.807) is 23.9 Å². The Morgan fingerprint density at radius 1 is 1.37 bits per heavy atom. The largest absolute Gasteiger partial charge is 0.494 e. The van der Waals surface area contributed by atoms with E-state index >= 15 is 0 Å². The average Bonchev–Trinajstić information content (AvgIpc) is 2.41. The summed E-state index contributed by atoms with van der Waals surface area (Å²) in [6.07, 6.45) is -0.632. The third kappa shape index (κ3) is 3.38. The minimum atomic E-state index is -0.632. The molecule has 106 valence electrons. The predicted octanol–water partition coefficient (Wildman–Crippen LogP) is 3.49. The minimum Gasteiger partial charge on any atom is -0.494 e. The van der Waals surface area contributed by atoms with E-state index in [1.165, 1.54) is 13.2 Å². The van der Waals surface area contributed by atoms with Crippen molar-refractivity contribution in [3.63, 3.8) is 0 Å². The third-order valence-electron chi connectivity index (χ3n) is 3.44. The van der Waals surface area contributed by atoms with Gasteiger partial charge in [-0.1, -0.05) is 19.9 Å². The van der Waals surface area contributed by atoms with E-state index in [0.29, 0.717) is 16.1 Å². The van der Waals surface area contributed by atoms with Crippen LogP contribution in [0.5, 0.6) is 5.75 Å². The Labute approximate surface area is 122 Å². The summed E-state index contributed by atoms with van der Waals surface area (Å²) >= 11 is 3.66. The zero-order valence-corrected chi connectivity index (χ0v) is 12.9. The first kappa shape index (κ1) is 15.0. The maximum atomic E-state index is 13.7. The second-order valence-corrected chi connectivity index (χ2v) is 7.79. The lowest BCUT2D eigenvalue weighted by Crippen LogP contribution is -2.30. The second-order valence-electron chi connectivity index (χ2n) is 4.76. The number of rotatable bonds is 3. The molecule has 1 N–H and O–H groups in total. The van der Waals surface area contributed by atoms with Crippen LogP contribution in [0.2, 0.25) is 0 Å². The van der Waals surface area contributed by atoms with Crippen molar-refractivity contribution in [1.29, 1.82) is 0 Å². The zero-order valence-electron chi connectivity index (χ0n) is 11.3. The first-order valence-corrected chi connectivity index (χ1v) is 8.30. The number of methoxy groups -OCH3 is 1. The quantitative estimate of drug-likeness (QED) is 0.925. The Bertz CT molecular complexity index is 441. The van der Waals surface area contributed by atoms with Crippen molar-refractivity contribution >= 4 is 23.5 Å². The molecule has 0 saturated carbocycles. The highest BCUT2D eigenvalue weighted by atomic mass is 32.2. The van der Waals surface area contributed by atoms with Gasteiger partial charge in [0.25, 0.3) is 0 Å². The Morgan fingerprint density at radius 2 is 2.11 bits per heavy atom. The molecule has 2 rings (SSSR count). The van der Waals surface area contributed by atoms with Gasteiger partial charge in [0.2, 0.25) is 0 Å². The van der Waals surface area contributed by atoms with Crippen molar-refractivity contribution in [1.82, 2.24) is 0 Å². The maximum Gasteiger partial charge on any atom is 0.165 e. The Morgan fingerprint density at radius 3 is 2.68 bits per heavy atom. The van der Waals surface area contributed by atoms with Gasteiger partial charge < -0.3 is 9.84 Å². The van der Waals surface area contributed by atoms with Crippen LogP contribution in [0.3, 0.4) is 0 Å². The topological polar surface area (TPSA) is 29.5 Å². The summed E-state index contributed by atoms with van der Waals surface area (Å²) in [7, 11) is 1.44. The smallest absolute Gasteiger partial charge is 0.165 e. The SMILES string of the molecule is COc1ccc(C(O)C2CSC(C)C(C)S2)cc1F. The monoisotopic (exact) mass is 302 g/mol. The van der Waals surface area contributed by atoms with Crippen LogP contribution in [0.1, 0.15) is 25.5 Å². The van der Waals surface area contributed by atoms with Crippen LogP contribution in [0, 0.1) is 5.82 Å². The van der Waals surface area contributed by atoms with Gasteiger partial charge in [-0.2, -0.15) is 23.5 Å². The first-order chi connectivity index (χ1) is 9.02. The molecular formula is C14H19FO2S2. The van der Waals surface area contributed by atoms with Gasteiger partial charge in [-0.25, -0.2) is 4.39 Å². The molecule has 2 nitrogen and oxygen atoms in total. The van der Waals surface area contributed by atoms with Crippen molar-refractivity contribution in [3.05, 3.63) is 29.6 Å². The van der Waals surface area contributed by atoms with Gasteiger partial charge in [0, 0.05) is 21.5 Å². The van der Waals surface area contributed by atoms with Crippen molar-refractivity contribution < 1.29 is 14.2 Å². The summed E-state index contributed by atoms with van der Waals surface area (Å²) in [5.74, 6) is 0.683. The number of ether oxygens (including phenoxy) is 1. The first-order valence-electron chi connectivity index (χ1n) is 6.31. The van der Waals surface area contributed by atoms with Crippen molar-refractivity contribution in [3.8, 4) is 5.75 Å². The van der Waals surface area contributed by atoms with Gasteiger partial charge in [-0.15, -0.1) is 0 Å². The summed E-state index contributed by atoms with van der Waals surface area (Å²) in [4.78, 5) is 0. The molecule has 1 aromatic rings. The van der Waals surface area contributed by atoms with Crippen LogP contribution in [0.25, 0.3) is 0 Å².